The minimum absolute atomic E-state index is 0.708. The largest absolute Gasteiger partial charge is 0.455 e. The highest BCUT2D eigenvalue weighted by Crippen LogP contribution is 2.43. The zero-order chi connectivity index (χ0) is 35.1. The Balaban J connectivity index is 1.10. The van der Waals surface area contributed by atoms with Crippen molar-refractivity contribution in [3.8, 4) is 67.3 Å². The molecule has 53 heavy (non-hydrogen) atoms. The quantitative estimate of drug-likeness (QED) is 0.176. The number of nitrogens with zero attached hydrogens (tertiary/aromatic N) is 2. The number of rotatable bonds is 6. The Morgan fingerprint density at radius 3 is 1.49 bits per heavy atom. The second kappa shape index (κ2) is 12.9. The molecule has 0 saturated heterocycles. The Kier molecular flexibility index (Phi) is 7.47. The van der Waals surface area contributed by atoms with Crippen LogP contribution in [-0.4, -0.2) is 9.97 Å². The van der Waals surface area contributed by atoms with Crippen molar-refractivity contribution < 1.29 is 4.42 Å². The standard InChI is InChI=1S/C50H32N2O/c1-4-15-33(16-5-1)40-27-14-28-43-45-31-44(41-25-10-11-26-42(41)49(45)53-48(40)43)38-23-12-21-36(29-38)37-22-13-24-39(30-37)47-32-46(34-17-6-2-7-18-34)51-50(52-47)35-19-8-3-9-20-35/h1-32H. The lowest BCUT2D eigenvalue weighted by atomic mass is 9.92. The highest BCUT2D eigenvalue weighted by molar-refractivity contribution is 6.20. The van der Waals surface area contributed by atoms with Crippen LogP contribution in [0.15, 0.2) is 199 Å². The Bertz CT molecular complexity index is 2870. The van der Waals surface area contributed by atoms with Crippen molar-refractivity contribution in [1.82, 2.24) is 9.97 Å². The summed E-state index contributed by atoms with van der Waals surface area (Å²) in [4.78, 5) is 10.1. The van der Waals surface area contributed by atoms with Gasteiger partial charge in [0, 0.05) is 38.4 Å². The number of fused-ring (bicyclic) bond motifs is 5. The minimum Gasteiger partial charge on any atom is -0.455 e. The summed E-state index contributed by atoms with van der Waals surface area (Å²) in [6, 6.07) is 67.9. The lowest BCUT2D eigenvalue weighted by Gasteiger charge is -2.12. The van der Waals surface area contributed by atoms with E-state index in [0.717, 1.165) is 88.6 Å². The molecule has 0 aliphatic carbocycles. The minimum atomic E-state index is 0.708. The van der Waals surface area contributed by atoms with Crippen LogP contribution in [0.3, 0.4) is 0 Å². The summed E-state index contributed by atoms with van der Waals surface area (Å²) in [5.41, 5.74) is 13.5. The van der Waals surface area contributed by atoms with Gasteiger partial charge in [0.2, 0.25) is 0 Å². The number of hydrogen-bond acceptors (Lipinski definition) is 3. The maximum atomic E-state index is 6.75. The molecule has 2 heterocycles. The molecule has 248 valence electrons. The van der Waals surface area contributed by atoms with Gasteiger partial charge < -0.3 is 4.42 Å². The van der Waals surface area contributed by atoms with Crippen LogP contribution in [0.25, 0.3) is 100.0 Å². The second-order valence-electron chi connectivity index (χ2n) is 13.4. The summed E-state index contributed by atoms with van der Waals surface area (Å²) in [7, 11) is 0. The summed E-state index contributed by atoms with van der Waals surface area (Å²) in [6.45, 7) is 0. The summed E-state index contributed by atoms with van der Waals surface area (Å²) >= 11 is 0. The molecule has 0 unspecified atom stereocenters. The highest BCUT2D eigenvalue weighted by atomic mass is 16.3. The van der Waals surface area contributed by atoms with Crippen molar-refractivity contribution in [2.24, 2.45) is 0 Å². The van der Waals surface area contributed by atoms with Gasteiger partial charge in [0.05, 0.1) is 11.4 Å². The molecule has 0 aliphatic heterocycles. The van der Waals surface area contributed by atoms with Gasteiger partial charge in [0.25, 0.3) is 0 Å². The van der Waals surface area contributed by atoms with Crippen molar-refractivity contribution in [2.45, 2.75) is 0 Å². The maximum Gasteiger partial charge on any atom is 0.160 e. The first-order valence-electron chi connectivity index (χ1n) is 17.9. The van der Waals surface area contributed by atoms with E-state index < -0.39 is 0 Å². The molecule has 0 saturated carbocycles. The van der Waals surface area contributed by atoms with Crippen molar-refractivity contribution in [3.63, 3.8) is 0 Å². The number of hydrogen-bond donors (Lipinski definition) is 0. The number of para-hydroxylation sites is 1. The maximum absolute atomic E-state index is 6.75. The Labute approximate surface area is 307 Å². The van der Waals surface area contributed by atoms with Crippen LogP contribution in [0.1, 0.15) is 0 Å². The van der Waals surface area contributed by atoms with Gasteiger partial charge in [-0.2, -0.15) is 0 Å². The van der Waals surface area contributed by atoms with E-state index in [0.29, 0.717) is 5.82 Å². The molecule has 0 aliphatic rings. The smallest absolute Gasteiger partial charge is 0.160 e. The fourth-order valence-electron chi connectivity index (χ4n) is 7.50. The molecular formula is C50H32N2O. The molecule has 10 aromatic rings. The predicted molar refractivity (Wildman–Crippen MR) is 219 cm³/mol. The van der Waals surface area contributed by atoms with Crippen LogP contribution in [0.2, 0.25) is 0 Å². The summed E-state index contributed by atoms with van der Waals surface area (Å²) in [5, 5.41) is 4.50. The summed E-state index contributed by atoms with van der Waals surface area (Å²) in [6.07, 6.45) is 0. The van der Waals surface area contributed by atoms with Crippen molar-refractivity contribution in [1.29, 1.82) is 0 Å². The van der Waals surface area contributed by atoms with Crippen LogP contribution in [0.5, 0.6) is 0 Å². The Morgan fingerprint density at radius 2 is 0.774 bits per heavy atom. The molecule has 0 bridgehead atoms. The van der Waals surface area contributed by atoms with E-state index in [-0.39, 0.29) is 0 Å². The summed E-state index contributed by atoms with van der Waals surface area (Å²) in [5.74, 6) is 0.708. The zero-order valence-corrected chi connectivity index (χ0v) is 28.8. The fraction of sp³-hybridized carbons (Fsp3) is 0. The molecule has 10 rings (SSSR count). The third-order valence-electron chi connectivity index (χ3n) is 10.1. The monoisotopic (exact) mass is 676 g/mol. The van der Waals surface area contributed by atoms with Gasteiger partial charge in [-0.1, -0.05) is 170 Å². The van der Waals surface area contributed by atoms with Gasteiger partial charge in [-0.05, 0) is 57.5 Å². The topological polar surface area (TPSA) is 38.9 Å². The second-order valence-corrected chi connectivity index (χ2v) is 13.4. The van der Waals surface area contributed by atoms with Crippen molar-refractivity contribution in [2.75, 3.05) is 0 Å². The number of benzene rings is 8. The Hall–Kier alpha value is -7.10. The molecular weight excluding hydrogens is 645 g/mol. The zero-order valence-electron chi connectivity index (χ0n) is 28.8. The molecule has 8 aromatic carbocycles. The van der Waals surface area contributed by atoms with E-state index in [2.05, 4.69) is 152 Å². The van der Waals surface area contributed by atoms with Gasteiger partial charge >= 0.3 is 0 Å². The van der Waals surface area contributed by atoms with E-state index in [4.69, 9.17) is 14.4 Å². The fourth-order valence-corrected chi connectivity index (χ4v) is 7.50. The van der Waals surface area contributed by atoms with E-state index >= 15 is 0 Å². The lowest BCUT2D eigenvalue weighted by Crippen LogP contribution is -1.96. The highest BCUT2D eigenvalue weighted by Gasteiger charge is 2.18. The first-order valence-corrected chi connectivity index (χ1v) is 17.9. The van der Waals surface area contributed by atoms with Gasteiger partial charge in [0.15, 0.2) is 5.82 Å². The van der Waals surface area contributed by atoms with E-state index in [1.54, 1.807) is 0 Å². The van der Waals surface area contributed by atoms with Gasteiger partial charge in [-0.3, -0.25) is 0 Å². The molecule has 0 amide bonds. The van der Waals surface area contributed by atoms with Crippen LogP contribution in [0, 0.1) is 0 Å². The van der Waals surface area contributed by atoms with Crippen LogP contribution in [-0.2, 0) is 0 Å². The van der Waals surface area contributed by atoms with Gasteiger partial charge in [-0.15, -0.1) is 0 Å². The predicted octanol–water partition coefficient (Wildman–Crippen LogP) is 13.5. The first-order chi connectivity index (χ1) is 26.3. The Morgan fingerprint density at radius 1 is 0.283 bits per heavy atom. The molecule has 0 radical (unpaired) electrons. The van der Waals surface area contributed by atoms with Crippen molar-refractivity contribution >= 4 is 32.7 Å². The van der Waals surface area contributed by atoms with Crippen LogP contribution in [0.4, 0.5) is 0 Å². The SMILES string of the molecule is c1ccc(-c2cc(-c3cccc(-c4cccc(-c5cc6c7cccc(-c8ccccc8)c7oc6c6ccccc56)c4)c3)nc(-c3ccccc3)n2)cc1. The molecule has 3 nitrogen and oxygen atoms in total. The molecule has 3 heteroatoms. The van der Waals surface area contributed by atoms with Gasteiger partial charge in [-0.25, -0.2) is 9.97 Å². The third kappa shape index (κ3) is 5.56. The molecule has 0 fully saturated rings. The first kappa shape index (κ1) is 30.7. The van der Waals surface area contributed by atoms with Gasteiger partial charge in [0.1, 0.15) is 11.2 Å². The van der Waals surface area contributed by atoms with E-state index in [1.807, 2.05) is 42.5 Å². The molecule has 0 N–H and O–H groups in total. The van der Waals surface area contributed by atoms with E-state index in [1.165, 1.54) is 5.56 Å². The number of furan rings is 1. The van der Waals surface area contributed by atoms with Crippen LogP contribution >= 0.6 is 0 Å². The molecule has 2 aromatic heterocycles. The molecule has 0 spiro atoms. The average molecular weight is 677 g/mol. The van der Waals surface area contributed by atoms with Crippen LogP contribution < -0.4 is 0 Å². The average Bonchev–Trinajstić information content (AvgIpc) is 3.63. The lowest BCUT2D eigenvalue weighted by molar-refractivity contribution is 0.674. The van der Waals surface area contributed by atoms with E-state index in [9.17, 15) is 0 Å². The van der Waals surface area contributed by atoms with Crippen molar-refractivity contribution in [3.05, 3.63) is 194 Å². The third-order valence-corrected chi connectivity index (χ3v) is 10.1. The number of aromatic nitrogens is 2. The summed E-state index contributed by atoms with van der Waals surface area (Å²) < 4.78 is 6.75. The molecule has 0 atom stereocenters. The normalized spacial score (nSPS) is 11.4.